The van der Waals surface area contributed by atoms with E-state index in [2.05, 4.69) is 20.6 Å². The number of hydrogen-bond donors (Lipinski definition) is 3. The van der Waals surface area contributed by atoms with Gasteiger partial charge in [-0.3, -0.25) is 4.79 Å². The van der Waals surface area contributed by atoms with E-state index in [1.54, 1.807) is 6.08 Å². The van der Waals surface area contributed by atoms with Gasteiger partial charge in [-0.2, -0.15) is 5.26 Å². The van der Waals surface area contributed by atoms with Crippen molar-refractivity contribution in [3.63, 3.8) is 0 Å². The van der Waals surface area contributed by atoms with Crippen LogP contribution in [0.15, 0.2) is 72.6 Å². The van der Waals surface area contributed by atoms with Crippen LogP contribution >= 0.6 is 0 Å². The SMILES string of the molecule is CN(C)C/C=C(\C#N)C(=O)N[C@H]1C[C@@H](Nc2ncnc(N)c2-c2ccc(Oc3ccccc3)cc2)C1. The number of rotatable bonds is 9. The van der Waals surface area contributed by atoms with Crippen LogP contribution in [-0.4, -0.2) is 53.5 Å². The van der Waals surface area contributed by atoms with Crippen LogP contribution < -0.4 is 21.1 Å². The Morgan fingerprint density at radius 1 is 1.11 bits per heavy atom. The summed E-state index contributed by atoms with van der Waals surface area (Å²) < 4.78 is 5.88. The minimum atomic E-state index is -0.340. The Morgan fingerprint density at radius 3 is 2.47 bits per heavy atom. The number of carbonyl (C=O) groups is 1. The van der Waals surface area contributed by atoms with Gasteiger partial charge in [0.1, 0.15) is 41.1 Å². The third kappa shape index (κ3) is 6.17. The third-order valence-electron chi connectivity index (χ3n) is 5.84. The summed E-state index contributed by atoms with van der Waals surface area (Å²) >= 11 is 0. The average molecular weight is 484 g/mol. The quantitative estimate of drug-likeness (QED) is 0.311. The zero-order valence-corrected chi connectivity index (χ0v) is 20.3. The van der Waals surface area contributed by atoms with E-state index in [4.69, 9.17) is 10.5 Å². The standard InChI is InChI=1S/C27H29N7O2/c1-34(2)13-12-19(16-28)27(35)33-21-14-20(15-21)32-26-24(25(29)30-17-31-26)18-8-10-23(11-9-18)36-22-6-4-3-5-7-22/h3-12,17,20-21H,13-15H2,1-2H3,(H,33,35)(H3,29,30,31,32)/b19-12+/t20-,21+. The van der Waals surface area contributed by atoms with E-state index in [1.807, 2.05) is 79.7 Å². The smallest absolute Gasteiger partial charge is 0.261 e. The molecular weight excluding hydrogens is 454 g/mol. The molecule has 1 aromatic heterocycles. The van der Waals surface area contributed by atoms with Crippen molar-refractivity contribution in [1.29, 1.82) is 5.26 Å². The fraction of sp³-hybridized carbons (Fsp3) is 0.259. The molecule has 4 N–H and O–H groups in total. The van der Waals surface area contributed by atoms with Crippen LogP contribution in [0.1, 0.15) is 12.8 Å². The molecule has 184 valence electrons. The lowest BCUT2D eigenvalue weighted by Gasteiger charge is -2.37. The lowest BCUT2D eigenvalue weighted by atomic mass is 9.86. The number of amides is 1. The molecule has 1 fully saturated rings. The fourth-order valence-corrected chi connectivity index (χ4v) is 3.88. The first-order chi connectivity index (χ1) is 17.4. The number of nitrogens with two attached hydrogens (primary N) is 1. The molecule has 0 aliphatic heterocycles. The van der Waals surface area contributed by atoms with Gasteiger partial charge in [-0.05, 0) is 62.8 Å². The van der Waals surface area contributed by atoms with E-state index in [0.717, 1.165) is 16.9 Å². The van der Waals surface area contributed by atoms with Gasteiger partial charge in [0, 0.05) is 18.6 Å². The molecule has 1 aliphatic rings. The van der Waals surface area contributed by atoms with Crippen LogP contribution in [0.3, 0.4) is 0 Å². The summed E-state index contributed by atoms with van der Waals surface area (Å²) in [4.78, 5) is 22.9. The van der Waals surface area contributed by atoms with Gasteiger partial charge in [-0.25, -0.2) is 9.97 Å². The van der Waals surface area contributed by atoms with Crippen molar-refractivity contribution in [1.82, 2.24) is 20.2 Å². The van der Waals surface area contributed by atoms with Crippen molar-refractivity contribution in [3.8, 4) is 28.7 Å². The largest absolute Gasteiger partial charge is 0.457 e. The molecule has 1 heterocycles. The Bertz CT molecular complexity index is 1260. The number of ether oxygens (including phenoxy) is 1. The predicted molar refractivity (Wildman–Crippen MR) is 139 cm³/mol. The van der Waals surface area contributed by atoms with Crippen molar-refractivity contribution in [3.05, 3.63) is 72.6 Å². The molecule has 0 spiro atoms. The highest BCUT2D eigenvalue weighted by molar-refractivity contribution is 5.97. The molecular formula is C27H29N7O2. The van der Waals surface area contributed by atoms with Crippen molar-refractivity contribution >= 4 is 17.5 Å². The monoisotopic (exact) mass is 483 g/mol. The van der Waals surface area contributed by atoms with Crippen LogP contribution in [0.4, 0.5) is 11.6 Å². The van der Waals surface area contributed by atoms with Gasteiger partial charge in [0.15, 0.2) is 0 Å². The summed E-state index contributed by atoms with van der Waals surface area (Å²) in [6, 6.07) is 19.3. The van der Waals surface area contributed by atoms with E-state index in [9.17, 15) is 10.1 Å². The number of nitriles is 1. The summed E-state index contributed by atoms with van der Waals surface area (Å²) in [5, 5.41) is 15.6. The van der Waals surface area contributed by atoms with Crippen molar-refractivity contribution in [2.45, 2.75) is 24.9 Å². The maximum Gasteiger partial charge on any atom is 0.261 e. The molecule has 4 rings (SSSR count). The van der Waals surface area contributed by atoms with E-state index in [1.165, 1.54) is 6.33 Å². The summed E-state index contributed by atoms with van der Waals surface area (Å²) in [7, 11) is 3.76. The minimum Gasteiger partial charge on any atom is -0.457 e. The zero-order valence-electron chi connectivity index (χ0n) is 20.3. The number of aromatic nitrogens is 2. The van der Waals surface area contributed by atoms with Gasteiger partial charge in [0.2, 0.25) is 0 Å². The third-order valence-corrected chi connectivity index (χ3v) is 5.84. The first-order valence-corrected chi connectivity index (χ1v) is 11.7. The van der Waals surface area contributed by atoms with Crippen LogP contribution in [0.5, 0.6) is 11.5 Å². The highest BCUT2D eigenvalue weighted by atomic mass is 16.5. The Hall–Kier alpha value is -4.42. The fourth-order valence-electron chi connectivity index (χ4n) is 3.88. The number of nitrogens with zero attached hydrogens (tertiary/aromatic N) is 4. The number of carbonyl (C=O) groups excluding carboxylic acids is 1. The molecule has 1 aliphatic carbocycles. The summed E-state index contributed by atoms with van der Waals surface area (Å²) in [6.07, 6.45) is 4.49. The van der Waals surface area contributed by atoms with E-state index in [-0.39, 0.29) is 23.6 Å². The topological polar surface area (TPSA) is 129 Å². The first kappa shape index (κ1) is 24.7. The van der Waals surface area contributed by atoms with Crippen LogP contribution in [-0.2, 0) is 4.79 Å². The van der Waals surface area contributed by atoms with Gasteiger partial charge in [0.25, 0.3) is 5.91 Å². The summed E-state index contributed by atoms with van der Waals surface area (Å²) in [6.45, 7) is 0.530. The van der Waals surface area contributed by atoms with Gasteiger partial charge in [0.05, 0.1) is 5.56 Å². The molecule has 9 heteroatoms. The van der Waals surface area contributed by atoms with Gasteiger partial charge in [-0.1, -0.05) is 30.3 Å². The highest BCUT2D eigenvalue weighted by Crippen LogP contribution is 2.34. The normalized spacial score (nSPS) is 17.1. The minimum absolute atomic E-state index is 0.0110. The molecule has 0 saturated heterocycles. The molecule has 36 heavy (non-hydrogen) atoms. The Labute approximate surface area is 210 Å². The van der Waals surface area contributed by atoms with E-state index in [0.29, 0.717) is 36.8 Å². The number of anilines is 2. The van der Waals surface area contributed by atoms with E-state index >= 15 is 0 Å². The molecule has 1 saturated carbocycles. The highest BCUT2D eigenvalue weighted by Gasteiger charge is 2.32. The van der Waals surface area contributed by atoms with Gasteiger partial charge in [-0.15, -0.1) is 0 Å². The maximum atomic E-state index is 12.4. The second-order valence-corrected chi connectivity index (χ2v) is 8.90. The van der Waals surface area contributed by atoms with Crippen LogP contribution in [0.2, 0.25) is 0 Å². The lowest BCUT2D eigenvalue weighted by molar-refractivity contribution is -0.118. The molecule has 2 aromatic carbocycles. The second kappa shape index (κ2) is 11.3. The summed E-state index contributed by atoms with van der Waals surface area (Å²) in [5.41, 5.74) is 7.94. The Kier molecular flexibility index (Phi) is 7.78. The lowest BCUT2D eigenvalue weighted by Crippen LogP contribution is -2.50. The van der Waals surface area contributed by atoms with Crippen molar-refractivity contribution in [2.75, 3.05) is 31.7 Å². The Morgan fingerprint density at radius 2 is 1.81 bits per heavy atom. The number of para-hydroxylation sites is 1. The van der Waals surface area contributed by atoms with Crippen LogP contribution in [0.25, 0.3) is 11.1 Å². The first-order valence-electron chi connectivity index (χ1n) is 11.7. The van der Waals surface area contributed by atoms with Crippen LogP contribution in [0, 0.1) is 11.3 Å². The van der Waals surface area contributed by atoms with E-state index < -0.39 is 0 Å². The number of likely N-dealkylation sites (N-methyl/N-ethyl adjacent to an activating group) is 1. The van der Waals surface area contributed by atoms with Crippen molar-refractivity contribution < 1.29 is 9.53 Å². The van der Waals surface area contributed by atoms with Gasteiger partial charge >= 0.3 is 0 Å². The Balaban J connectivity index is 1.38. The molecule has 0 radical (unpaired) electrons. The average Bonchev–Trinajstić information content (AvgIpc) is 2.84. The number of nitrogen functional groups attached to an aromatic ring is 1. The molecule has 0 bridgehead atoms. The predicted octanol–water partition coefficient (Wildman–Crippen LogP) is 3.59. The molecule has 0 atom stereocenters. The summed E-state index contributed by atoms with van der Waals surface area (Å²) in [5.74, 6) is 2.14. The molecule has 0 unspecified atom stereocenters. The van der Waals surface area contributed by atoms with Gasteiger partial charge < -0.3 is 26.0 Å². The van der Waals surface area contributed by atoms with Crippen molar-refractivity contribution in [2.24, 2.45) is 0 Å². The second-order valence-electron chi connectivity index (χ2n) is 8.90. The zero-order chi connectivity index (χ0) is 25.5. The number of benzene rings is 2. The number of nitrogens with one attached hydrogen (secondary N) is 2. The molecule has 3 aromatic rings. The maximum absolute atomic E-state index is 12.4. The number of hydrogen-bond acceptors (Lipinski definition) is 8. The molecule has 1 amide bonds. The molecule has 9 nitrogen and oxygen atoms in total.